The molecule has 0 spiro atoms. The summed E-state index contributed by atoms with van der Waals surface area (Å²) in [7, 11) is 1.66. The summed E-state index contributed by atoms with van der Waals surface area (Å²) in [6.45, 7) is 1.96. The molecule has 5 heteroatoms. The van der Waals surface area contributed by atoms with Crippen molar-refractivity contribution in [1.29, 1.82) is 0 Å². The highest BCUT2D eigenvalue weighted by molar-refractivity contribution is 7.14. The lowest BCUT2D eigenvalue weighted by molar-refractivity contribution is 0.415. The maximum atomic E-state index is 5.16. The largest absolute Gasteiger partial charge is 0.497 e. The minimum absolute atomic E-state index is 0.775. The molecule has 0 aliphatic rings. The van der Waals surface area contributed by atoms with E-state index in [1.807, 2.05) is 66.9 Å². The van der Waals surface area contributed by atoms with Gasteiger partial charge in [0.15, 0.2) is 0 Å². The monoisotopic (exact) mass is 323 g/mol. The summed E-state index contributed by atoms with van der Waals surface area (Å²) in [6.07, 6.45) is 0. The van der Waals surface area contributed by atoms with Crippen LogP contribution in [0.3, 0.4) is 0 Å². The number of thiazole rings is 1. The number of hydrogen-bond donors (Lipinski definition) is 1. The van der Waals surface area contributed by atoms with Gasteiger partial charge in [0.25, 0.3) is 0 Å². The first kappa shape index (κ1) is 15.2. The molecule has 0 radical (unpaired) electrons. The molecule has 4 nitrogen and oxygen atoms in total. The number of anilines is 1. The number of nitrogens with zero attached hydrogens (tertiary/aromatic N) is 2. The number of rotatable bonds is 5. The highest BCUT2D eigenvalue weighted by atomic mass is 32.1. The molecule has 1 N–H and O–H groups in total. The first-order valence-electron chi connectivity index (χ1n) is 7.22. The summed E-state index contributed by atoms with van der Waals surface area (Å²) in [4.78, 5) is 4.55. The van der Waals surface area contributed by atoms with Crippen molar-refractivity contribution in [3.63, 3.8) is 0 Å². The third-order valence-corrected chi connectivity index (χ3v) is 4.15. The fourth-order valence-corrected chi connectivity index (χ4v) is 2.76. The van der Waals surface area contributed by atoms with Crippen LogP contribution < -0.4 is 10.2 Å². The van der Waals surface area contributed by atoms with Crippen molar-refractivity contribution in [3.8, 4) is 17.0 Å². The van der Waals surface area contributed by atoms with Crippen molar-refractivity contribution in [1.82, 2.24) is 4.98 Å². The summed E-state index contributed by atoms with van der Waals surface area (Å²) in [5.41, 5.74) is 7.02. The van der Waals surface area contributed by atoms with Crippen LogP contribution in [0.5, 0.6) is 5.75 Å². The van der Waals surface area contributed by atoms with Crippen LogP contribution >= 0.6 is 11.3 Å². The molecule has 3 aromatic rings. The van der Waals surface area contributed by atoms with E-state index in [0.29, 0.717) is 0 Å². The van der Waals surface area contributed by atoms with E-state index in [1.165, 1.54) is 11.3 Å². The third-order valence-electron chi connectivity index (χ3n) is 3.40. The topological polar surface area (TPSA) is 46.5 Å². The summed E-state index contributed by atoms with van der Waals surface area (Å²) >= 11 is 1.54. The Labute approximate surface area is 139 Å². The zero-order chi connectivity index (χ0) is 16.1. The zero-order valence-corrected chi connectivity index (χ0v) is 13.8. The van der Waals surface area contributed by atoms with Gasteiger partial charge in [-0.15, -0.1) is 11.3 Å². The molecular formula is C18H17N3OS. The van der Waals surface area contributed by atoms with Gasteiger partial charge in [-0.3, -0.25) is 5.43 Å². The molecule has 0 fully saturated rings. The maximum Gasteiger partial charge on any atom is 0.203 e. The Morgan fingerprint density at radius 1 is 1.09 bits per heavy atom. The molecule has 0 saturated carbocycles. The van der Waals surface area contributed by atoms with Crippen LogP contribution in [0.25, 0.3) is 11.3 Å². The van der Waals surface area contributed by atoms with Crippen LogP contribution in [-0.4, -0.2) is 17.8 Å². The van der Waals surface area contributed by atoms with Crippen molar-refractivity contribution in [2.45, 2.75) is 6.92 Å². The highest BCUT2D eigenvalue weighted by Crippen LogP contribution is 2.24. The molecule has 0 aliphatic carbocycles. The number of ether oxygens (including phenoxy) is 1. The van der Waals surface area contributed by atoms with Gasteiger partial charge in [0.1, 0.15) is 5.75 Å². The molecule has 0 amide bonds. The van der Waals surface area contributed by atoms with Crippen LogP contribution in [0.15, 0.2) is 65.1 Å². The van der Waals surface area contributed by atoms with Gasteiger partial charge in [-0.05, 0) is 36.8 Å². The van der Waals surface area contributed by atoms with Crippen molar-refractivity contribution in [3.05, 3.63) is 65.5 Å². The number of benzene rings is 2. The van der Waals surface area contributed by atoms with E-state index in [9.17, 15) is 0 Å². The molecule has 3 rings (SSSR count). The smallest absolute Gasteiger partial charge is 0.203 e. The standard InChI is InChI=1S/C18H17N3OS/c1-13(14-8-10-16(22-2)11-9-14)20-21-18-19-17(12-23-18)15-6-4-3-5-7-15/h3-12H,1-2H3,(H,19,21)/b20-13+. The van der Waals surface area contributed by atoms with Crippen LogP contribution in [-0.2, 0) is 0 Å². The van der Waals surface area contributed by atoms with Crippen LogP contribution in [0.1, 0.15) is 12.5 Å². The lowest BCUT2D eigenvalue weighted by atomic mass is 10.1. The van der Waals surface area contributed by atoms with Crippen molar-refractivity contribution < 1.29 is 4.74 Å². The van der Waals surface area contributed by atoms with E-state index in [0.717, 1.165) is 33.4 Å². The van der Waals surface area contributed by atoms with Gasteiger partial charge < -0.3 is 4.74 Å². The van der Waals surface area contributed by atoms with Gasteiger partial charge in [-0.1, -0.05) is 30.3 Å². The van der Waals surface area contributed by atoms with Crippen molar-refractivity contribution >= 4 is 22.2 Å². The fourth-order valence-electron chi connectivity index (χ4n) is 2.10. The molecule has 23 heavy (non-hydrogen) atoms. The fraction of sp³-hybridized carbons (Fsp3) is 0.111. The molecular weight excluding hydrogens is 306 g/mol. The van der Waals surface area contributed by atoms with Gasteiger partial charge in [0.05, 0.1) is 18.5 Å². The Hall–Kier alpha value is -2.66. The number of methoxy groups -OCH3 is 1. The van der Waals surface area contributed by atoms with Gasteiger partial charge >= 0.3 is 0 Å². The number of aromatic nitrogens is 1. The van der Waals surface area contributed by atoms with E-state index in [4.69, 9.17) is 4.74 Å². The first-order valence-corrected chi connectivity index (χ1v) is 8.10. The van der Waals surface area contributed by atoms with E-state index in [1.54, 1.807) is 7.11 Å². The lowest BCUT2D eigenvalue weighted by Crippen LogP contribution is -1.99. The Morgan fingerprint density at radius 3 is 2.52 bits per heavy atom. The van der Waals surface area contributed by atoms with Gasteiger partial charge in [0, 0.05) is 10.9 Å². The SMILES string of the molecule is COc1ccc(/C(C)=N/Nc2nc(-c3ccccc3)cs2)cc1. The number of nitrogens with one attached hydrogen (secondary N) is 1. The summed E-state index contributed by atoms with van der Waals surface area (Å²) in [6, 6.07) is 17.9. The Balaban J connectivity index is 1.70. The second kappa shape index (κ2) is 7.07. The minimum Gasteiger partial charge on any atom is -0.497 e. The van der Waals surface area contributed by atoms with E-state index in [2.05, 4.69) is 15.5 Å². The van der Waals surface area contributed by atoms with E-state index < -0.39 is 0 Å². The van der Waals surface area contributed by atoms with Crippen molar-refractivity contribution in [2.75, 3.05) is 12.5 Å². The second-order valence-corrected chi connectivity index (χ2v) is 5.80. The minimum atomic E-state index is 0.775. The van der Waals surface area contributed by atoms with E-state index in [-0.39, 0.29) is 0 Å². The molecule has 1 heterocycles. The second-order valence-electron chi connectivity index (χ2n) is 4.94. The van der Waals surface area contributed by atoms with Gasteiger partial charge in [0.2, 0.25) is 5.13 Å². The number of hydrogen-bond acceptors (Lipinski definition) is 5. The zero-order valence-electron chi connectivity index (χ0n) is 13.0. The van der Waals surface area contributed by atoms with E-state index >= 15 is 0 Å². The molecule has 0 unspecified atom stereocenters. The lowest BCUT2D eigenvalue weighted by Gasteiger charge is -2.03. The molecule has 0 aliphatic heterocycles. The molecule has 0 bridgehead atoms. The van der Waals surface area contributed by atoms with Crippen LogP contribution in [0.2, 0.25) is 0 Å². The average Bonchev–Trinajstić information content (AvgIpc) is 3.09. The Bertz CT molecular complexity index is 795. The summed E-state index contributed by atoms with van der Waals surface area (Å²) < 4.78 is 5.16. The summed E-state index contributed by atoms with van der Waals surface area (Å²) in [5.74, 6) is 0.835. The quantitative estimate of drug-likeness (QED) is 0.549. The first-order chi connectivity index (χ1) is 11.3. The van der Waals surface area contributed by atoms with Gasteiger partial charge in [-0.2, -0.15) is 5.10 Å². The van der Waals surface area contributed by atoms with Crippen LogP contribution in [0.4, 0.5) is 5.13 Å². The normalized spacial score (nSPS) is 11.3. The molecule has 1 aromatic heterocycles. The predicted octanol–water partition coefficient (Wildman–Crippen LogP) is 4.65. The number of hydrazone groups is 1. The average molecular weight is 323 g/mol. The Kier molecular flexibility index (Phi) is 4.68. The van der Waals surface area contributed by atoms with Crippen LogP contribution in [0, 0.1) is 0 Å². The molecule has 0 saturated heterocycles. The highest BCUT2D eigenvalue weighted by Gasteiger charge is 2.04. The molecule has 0 atom stereocenters. The molecule has 2 aromatic carbocycles. The molecule has 116 valence electrons. The van der Waals surface area contributed by atoms with Gasteiger partial charge in [-0.25, -0.2) is 4.98 Å². The summed E-state index contributed by atoms with van der Waals surface area (Å²) in [5, 5.41) is 7.20. The third kappa shape index (κ3) is 3.76. The maximum absolute atomic E-state index is 5.16. The predicted molar refractivity (Wildman–Crippen MR) is 96.4 cm³/mol. The Morgan fingerprint density at radius 2 is 1.83 bits per heavy atom. The van der Waals surface area contributed by atoms with Crippen molar-refractivity contribution in [2.24, 2.45) is 5.10 Å².